The number of benzene rings is 1. The van der Waals surface area contributed by atoms with Crippen LogP contribution in [0.3, 0.4) is 0 Å². The monoisotopic (exact) mass is 271 g/mol. The van der Waals surface area contributed by atoms with E-state index in [9.17, 15) is 4.79 Å². The zero-order valence-electron chi connectivity index (χ0n) is 11.4. The zero-order valence-corrected chi connectivity index (χ0v) is 11.4. The van der Waals surface area contributed by atoms with Gasteiger partial charge in [0.2, 0.25) is 5.91 Å². The Morgan fingerprint density at radius 1 is 1.45 bits per heavy atom. The summed E-state index contributed by atoms with van der Waals surface area (Å²) in [5.41, 5.74) is 10.2. The van der Waals surface area contributed by atoms with E-state index in [0.29, 0.717) is 0 Å². The van der Waals surface area contributed by atoms with Crippen molar-refractivity contribution in [3.8, 4) is 11.1 Å². The molecule has 1 heterocycles. The lowest BCUT2D eigenvalue weighted by atomic mass is 9.93. The van der Waals surface area contributed by atoms with Crippen LogP contribution in [0.15, 0.2) is 24.5 Å². The largest absolute Gasteiger partial charge is 0.370 e. The number of nitrogens with zero attached hydrogens (tertiary/aromatic N) is 1. The molecule has 0 spiro atoms. The highest BCUT2D eigenvalue weighted by Gasteiger charge is 2.13. The Labute approximate surface area is 116 Å². The van der Waals surface area contributed by atoms with Crippen LogP contribution in [0.2, 0.25) is 0 Å². The predicted octanol–water partition coefficient (Wildman–Crippen LogP) is 1.25. The summed E-state index contributed by atoms with van der Waals surface area (Å²) in [5.74, 6) is -0.621. The van der Waals surface area contributed by atoms with E-state index in [-0.39, 0.29) is 18.3 Å². The number of hydrogen-bond acceptors (Lipinski definition) is 3. The molecular weight excluding hydrogens is 254 g/mol. The van der Waals surface area contributed by atoms with E-state index in [1.54, 1.807) is 6.20 Å². The Morgan fingerprint density at radius 3 is 2.80 bits per heavy atom. The highest BCUT2D eigenvalue weighted by molar-refractivity contribution is 5.95. The molecule has 0 fully saturated rings. The highest BCUT2D eigenvalue weighted by atomic mass is 16.1. The molecule has 1 aromatic heterocycles. The third-order valence-corrected chi connectivity index (χ3v) is 3.25. The molecule has 0 atom stereocenters. The molecule has 6 heteroatoms. The maximum absolute atomic E-state index is 11.8. The number of amides is 1. The van der Waals surface area contributed by atoms with E-state index < -0.39 is 0 Å². The van der Waals surface area contributed by atoms with Gasteiger partial charge in [-0.2, -0.15) is 5.10 Å². The average Bonchev–Trinajstić information content (AvgIpc) is 2.87. The highest BCUT2D eigenvalue weighted by Crippen LogP contribution is 2.27. The number of guanidine groups is 1. The molecule has 104 valence electrons. The Bertz CT molecular complexity index is 646. The lowest BCUT2D eigenvalue weighted by Crippen LogP contribution is -2.36. The molecule has 0 bridgehead atoms. The van der Waals surface area contributed by atoms with Gasteiger partial charge in [0.25, 0.3) is 0 Å². The van der Waals surface area contributed by atoms with Gasteiger partial charge in [0, 0.05) is 11.8 Å². The third-order valence-electron chi connectivity index (χ3n) is 3.25. The fourth-order valence-corrected chi connectivity index (χ4v) is 2.23. The number of nitrogens with two attached hydrogens (primary N) is 1. The molecule has 6 nitrogen and oxygen atoms in total. The van der Waals surface area contributed by atoms with Gasteiger partial charge in [0.05, 0.1) is 12.6 Å². The standard InChI is InChI=1S/C14H17N5O/c1-8-3-4-11(10-6-17-18-7-10)9(2)12(8)5-13(20)19-14(15)16/h3-4,6-7H,5H2,1-2H3,(H,17,18)(H4,15,16,19,20). The van der Waals surface area contributed by atoms with Crippen molar-refractivity contribution < 1.29 is 4.79 Å². The van der Waals surface area contributed by atoms with E-state index in [4.69, 9.17) is 11.1 Å². The maximum Gasteiger partial charge on any atom is 0.231 e. The summed E-state index contributed by atoms with van der Waals surface area (Å²) in [5, 5.41) is 16.1. The number of aromatic nitrogens is 2. The predicted molar refractivity (Wildman–Crippen MR) is 77.3 cm³/mol. The van der Waals surface area contributed by atoms with Crippen LogP contribution in [0, 0.1) is 19.3 Å². The molecule has 0 saturated heterocycles. The summed E-state index contributed by atoms with van der Waals surface area (Å²) in [6.07, 6.45) is 3.76. The number of rotatable bonds is 3. The second-order valence-electron chi connectivity index (χ2n) is 4.66. The fraction of sp³-hybridized carbons (Fsp3) is 0.214. The quantitative estimate of drug-likeness (QED) is 0.498. The topological polar surface area (TPSA) is 108 Å². The Kier molecular flexibility index (Phi) is 3.84. The van der Waals surface area contributed by atoms with Crippen molar-refractivity contribution in [1.82, 2.24) is 15.5 Å². The molecule has 0 radical (unpaired) electrons. The number of nitrogens with one attached hydrogen (secondary N) is 3. The zero-order chi connectivity index (χ0) is 14.7. The minimum absolute atomic E-state index is 0.197. The van der Waals surface area contributed by atoms with Crippen molar-refractivity contribution in [3.63, 3.8) is 0 Å². The number of carbonyl (C=O) groups excluding carboxylic acids is 1. The Morgan fingerprint density at radius 2 is 2.20 bits per heavy atom. The van der Waals surface area contributed by atoms with Crippen molar-refractivity contribution in [2.75, 3.05) is 0 Å². The summed E-state index contributed by atoms with van der Waals surface area (Å²) in [7, 11) is 0. The van der Waals surface area contributed by atoms with Crippen molar-refractivity contribution in [2.24, 2.45) is 5.73 Å². The van der Waals surface area contributed by atoms with Crippen molar-refractivity contribution >= 4 is 11.9 Å². The van der Waals surface area contributed by atoms with Gasteiger partial charge in [0.1, 0.15) is 0 Å². The van der Waals surface area contributed by atoms with Crippen LogP contribution in [0.4, 0.5) is 0 Å². The van der Waals surface area contributed by atoms with Gasteiger partial charge in [-0.05, 0) is 36.1 Å². The molecule has 1 aromatic carbocycles. The molecule has 2 aromatic rings. The van der Waals surface area contributed by atoms with Crippen molar-refractivity contribution in [2.45, 2.75) is 20.3 Å². The van der Waals surface area contributed by atoms with Gasteiger partial charge in [-0.25, -0.2) is 0 Å². The van der Waals surface area contributed by atoms with Gasteiger partial charge in [0.15, 0.2) is 5.96 Å². The summed E-state index contributed by atoms with van der Waals surface area (Å²) in [4.78, 5) is 11.8. The summed E-state index contributed by atoms with van der Waals surface area (Å²) in [6.45, 7) is 3.94. The van der Waals surface area contributed by atoms with Crippen molar-refractivity contribution in [3.05, 3.63) is 41.2 Å². The van der Waals surface area contributed by atoms with Crippen LogP contribution in [0.1, 0.15) is 16.7 Å². The lowest BCUT2D eigenvalue weighted by molar-refractivity contribution is -0.119. The van der Waals surface area contributed by atoms with Crippen LogP contribution in [0.25, 0.3) is 11.1 Å². The third kappa shape index (κ3) is 2.85. The Balaban J connectivity index is 2.35. The van der Waals surface area contributed by atoms with E-state index in [2.05, 4.69) is 15.5 Å². The second-order valence-corrected chi connectivity index (χ2v) is 4.66. The van der Waals surface area contributed by atoms with E-state index in [0.717, 1.165) is 27.8 Å². The van der Waals surface area contributed by atoms with Crippen LogP contribution < -0.4 is 11.1 Å². The van der Waals surface area contributed by atoms with Crippen LogP contribution in [-0.2, 0) is 11.2 Å². The number of H-pyrrole nitrogens is 1. The van der Waals surface area contributed by atoms with Crippen LogP contribution in [0.5, 0.6) is 0 Å². The molecule has 5 N–H and O–H groups in total. The molecule has 0 saturated carbocycles. The summed E-state index contributed by atoms with van der Waals surface area (Å²) >= 11 is 0. The van der Waals surface area contributed by atoms with Crippen molar-refractivity contribution in [1.29, 1.82) is 5.41 Å². The first-order valence-corrected chi connectivity index (χ1v) is 6.21. The maximum atomic E-state index is 11.8. The first kappa shape index (κ1) is 13.8. The first-order chi connectivity index (χ1) is 9.49. The summed E-state index contributed by atoms with van der Waals surface area (Å²) < 4.78 is 0. The van der Waals surface area contributed by atoms with E-state index in [1.807, 2.05) is 32.2 Å². The van der Waals surface area contributed by atoms with Gasteiger partial charge in [-0.1, -0.05) is 12.1 Å². The van der Waals surface area contributed by atoms with E-state index in [1.165, 1.54) is 0 Å². The number of aromatic amines is 1. The number of carbonyl (C=O) groups is 1. The molecule has 0 unspecified atom stereocenters. The Hall–Kier alpha value is -2.63. The number of hydrogen-bond donors (Lipinski definition) is 4. The molecule has 20 heavy (non-hydrogen) atoms. The van der Waals surface area contributed by atoms with Crippen LogP contribution in [-0.4, -0.2) is 22.1 Å². The molecule has 1 amide bonds. The molecule has 0 aliphatic rings. The van der Waals surface area contributed by atoms with Gasteiger partial charge >= 0.3 is 0 Å². The molecule has 2 rings (SSSR count). The van der Waals surface area contributed by atoms with Crippen LogP contribution >= 0.6 is 0 Å². The van der Waals surface area contributed by atoms with Gasteiger partial charge < -0.3 is 5.73 Å². The van der Waals surface area contributed by atoms with Gasteiger partial charge in [-0.3, -0.25) is 20.6 Å². The average molecular weight is 271 g/mol. The fourth-order valence-electron chi connectivity index (χ4n) is 2.23. The SMILES string of the molecule is Cc1ccc(-c2cn[nH]c2)c(C)c1CC(=O)NC(=N)N. The summed E-state index contributed by atoms with van der Waals surface area (Å²) in [6, 6.07) is 3.99. The molecule has 0 aliphatic carbocycles. The first-order valence-electron chi connectivity index (χ1n) is 6.21. The molecule has 0 aliphatic heterocycles. The van der Waals surface area contributed by atoms with Gasteiger partial charge in [-0.15, -0.1) is 0 Å². The number of aryl methyl sites for hydroxylation is 1. The second kappa shape index (κ2) is 5.56. The minimum atomic E-state index is -0.337. The van der Waals surface area contributed by atoms with E-state index >= 15 is 0 Å². The lowest BCUT2D eigenvalue weighted by Gasteiger charge is -2.13. The smallest absolute Gasteiger partial charge is 0.231 e. The minimum Gasteiger partial charge on any atom is -0.370 e. The molecular formula is C14H17N5O. The normalized spacial score (nSPS) is 10.3.